The minimum absolute atomic E-state index is 0.0258. The second-order valence-corrected chi connectivity index (χ2v) is 10.6. The van der Waals surface area contributed by atoms with Gasteiger partial charge in [0.1, 0.15) is 18.9 Å². The van der Waals surface area contributed by atoms with Gasteiger partial charge in [0, 0.05) is 18.0 Å². The molecule has 174 valence electrons. The molecular formula is C26H30N2O3S2. The van der Waals surface area contributed by atoms with Crippen LogP contribution in [0.1, 0.15) is 46.4 Å². The van der Waals surface area contributed by atoms with E-state index in [1.807, 2.05) is 52.7 Å². The van der Waals surface area contributed by atoms with E-state index in [1.54, 1.807) is 16.2 Å². The summed E-state index contributed by atoms with van der Waals surface area (Å²) in [6, 6.07) is 15.3. The number of benzene rings is 1. The Balaban J connectivity index is 1.51. The van der Waals surface area contributed by atoms with Gasteiger partial charge in [-0.2, -0.15) is 0 Å². The van der Waals surface area contributed by atoms with Gasteiger partial charge in [-0.15, -0.1) is 22.7 Å². The molecule has 0 N–H and O–H groups in total. The van der Waals surface area contributed by atoms with E-state index in [2.05, 4.69) is 25.3 Å². The molecule has 0 bridgehead atoms. The highest BCUT2D eigenvalue weighted by atomic mass is 32.1. The van der Waals surface area contributed by atoms with Gasteiger partial charge >= 0.3 is 0 Å². The van der Waals surface area contributed by atoms with Crippen molar-refractivity contribution >= 4 is 34.5 Å². The van der Waals surface area contributed by atoms with Crippen LogP contribution in [0.15, 0.2) is 59.3 Å². The van der Waals surface area contributed by atoms with E-state index >= 15 is 0 Å². The summed E-state index contributed by atoms with van der Waals surface area (Å²) in [5.74, 6) is 1.15. The molecule has 0 radical (unpaired) electrons. The molecule has 5 nitrogen and oxygen atoms in total. The van der Waals surface area contributed by atoms with Gasteiger partial charge < -0.3 is 14.5 Å². The van der Waals surface area contributed by atoms with Crippen LogP contribution in [0.5, 0.6) is 5.75 Å². The van der Waals surface area contributed by atoms with Crippen molar-refractivity contribution in [3.63, 3.8) is 0 Å². The number of hydrogen-bond acceptors (Lipinski definition) is 5. The first-order valence-corrected chi connectivity index (χ1v) is 13.1. The number of fused-ring (bicyclic) bond motifs is 1. The fraction of sp³-hybridized carbons (Fsp3) is 0.385. The molecule has 4 rings (SSSR count). The Labute approximate surface area is 203 Å². The van der Waals surface area contributed by atoms with E-state index in [0.717, 1.165) is 24.2 Å². The van der Waals surface area contributed by atoms with Crippen LogP contribution >= 0.6 is 22.7 Å². The minimum atomic E-state index is -0.156. The highest BCUT2D eigenvalue weighted by Gasteiger charge is 2.33. The van der Waals surface area contributed by atoms with Crippen LogP contribution in [0.4, 0.5) is 0 Å². The van der Waals surface area contributed by atoms with Crippen molar-refractivity contribution in [1.29, 1.82) is 0 Å². The second-order valence-electron chi connectivity index (χ2n) is 8.66. The second kappa shape index (κ2) is 11.0. The molecule has 1 unspecified atom stereocenters. The number of rotatable bonds is 9. The van der Waals surface area contributed by atoms with E-state index in [0.29, 0.717) is 30.5 Å². The molecule has 2 aromatic heterocycles. The Morgan fingerprint density at radius 1 is 1.09 bits per heavy atom. The molecule has 3 heterocycles. The van der Waals surface area contributed by atoms with Gasteiger partial charge in [-0.05, 0) is 59.3 Å². The fourth-order valence-corrected chi connectivity index (χ4v) is 5.66. The van der Waals surface area contributed by atoms with Gasteiger partial charge in [0.2, 0.25) is 5.91 Å². The molecule has 3 aromatic rings. The standard InChI is InChI=1S/C26H30N2O3S2/c1-19(2)10-13-27(26(30)24-9-6-15-32-24)17-25(29)28-14-11-23-21(12-16-33-23)22(28)18-31-20-7-4-3-5-8-20/h3-9,12,15-16,19,22H,10-11,13-14,17-18H2,1-2H3. The molecule has 1 atom stereocenters. The first kappa shape index (κ1) is 23.5. The molecule has 7 heteroatoms. The SMILES string of the molecule is CC(C)CCN(CC(=O)N1CCc2sccc2C1COc1ccccc1)C(=O)c1cccs1. The van der Waals surface area contributed by atoms with Crippen LogP contribution in [0.25, 0.3) is 0 Å². The summed E-state index contributed by atoms with van der Waals surface area (Å²) in [5, 5.41) is 3.98. The first-order chi connectivity index (χ1) is 16.0. The van der Waals surface area contributed by atoms with E-state index in [9.17, 15) is 9.59 Å². The maximum atomic E-state index is 13.6. The lowest BCUT2D eigenvalue weighted by Crippen LogP contribution is -2.48. The molecule has 0 aliphatic carbocycles. The topological polar surface area (TPSA) is 49.9 Å². The summed E-state index contributed by atoms with van der Waals surface area (Å²) >= 11 is 3.16. The monoisotopic (exact) mass is 482 g/mol. The highest BCUT2D eigenvalue weighted by molar-refractivity contribution is 7.12. The number of para-hydroxylation sites is 1. The van der Waals surface area contributed by atoms with E-state index in [-0.39, 0.29) is 24.4 Å². The average molecular weight is 483 g/mol. The van der Waals surface area contributed by atoms with Gasteiger partial charge in [0.15, 0.2) is 0 Å². The number of carbonyl (C=O) groups is 2. The van der Waals surface area contributed by atoms with Crippen molar-refractivity contribution in [2.75, 3.05) is 26.2 Å². The molecule has 2 amide bonds. The zero-order valence-electron chi connectivity index (χ0n) is 19.1. The molecule has 0 saturated carbocycles. The number of ether oxygens (including phenoxy) is 1. The smallest absolute Gasteiger partial charge is 0.264 e. The average Bonchev–Trinajstić information content (AvgIpc) is 3.52. The number of thiophene rings is 2. The summed E-state index contributed by atoms with van der Waals surface area (Å²) in [6.45, 7) is 5.96. The zero-order chi connectivity index (χ0) is 23.2. The van der Waals surface area contributed by atoms with Crippen molar-refractivity contribution in [3.05, 3.63) is 74.6 Å². The quantitative estimate of drug-likeness (QED) is 0.404. The molecule has 0 spiro atoms. The minimum Gasteiger partial charge on any atom is -0.491 e. The highest BCUT2D eigenvalue weighted by Crippen LogP contribution is 2.34. The van der Waals surface area contributed by atoms with Crippen LogP contribution in [0.2, 0.25) is 0 Å². The molecular weight excluding hydrogens is 452 g/mol. The third-order valence-corrected chi connectivity index (χ3v) is 7.74. The molecule has 0 saturated heterocycles. The summed E-state index contributed by atoms with van der Waals surface area (Å²) in [4.78, 5) is 32.3. The van der Waals surface area contributed by atoms with E-state index < -0.39 is 0 Å². The van der Waals surface area contributed by atoms with Crippen molar-refractivity contribution < 1.29 is 14.3 Å². The molecule has 1 aromatic carbocycles. The van der Waals surface area contributed by atoms with Crippen LogP contribution in [-0.4, -0.2) is 47.9 Å². The van der Waals surface area contributed by atoms with Crippen LogP contribution in [0, 0.1) is 5.92 Å². The number of hydrogen-bond donors (Lipinski definition) is 0. The van der Waals surface area contributed by atoms with E-state index in [1.165, 1.54) is 16.2 Å². The van der Waals surface area contributed by atoms with Crippen LogP contribution in [-0.2, 0) is 11.2 Å². The van der Waals surface area contributed by atoms with Crippen molar-refractivity contribution in [3.8, 4) is 5.75 Å². The Bertz CT molecular complexity index is 1050. The fourth-order valence-electron chi connectivity index (χ4n) is 4.04. The Hall–Kier alpha value is -2.64. The third kappa shape index (κ3) is 5.84. The summed E-state index contributed by atoms with van der Waals surface area (Å²) < 4.78 is 6.07. The zero-order valence-corrected chi connectivity index (χ0v) is 20.7. The Kier molecular flexibility index (Phi) is 7.83. The lowest BCUT2D eigenvalue weighted by molar-refractivity contribution is -0.135. The number of nitrogens with zero attached hydrogens (tertiary/aromatic N) is 2. The largest absolute Gasteiger partial charge is 0.491 e. The molecule has 1 aliphatic heterocycles. The molecule has 0 fully saturated rings. The van der Waals surface area contributed by atoms with Crippen molar-refractivity contribution in [2.45, 2.75) is 32.7 Å². The third-order valence-electron chi connectivity index (χ3n) is 5.89. The van der Waals surface area contributed by atoms with Gasteiger partial charge in [-0.1, -0.05) is 38.1 Å². The van der Waals surface area contributed by atoms with Gasteiger partial charge in [-0.3, -0.25) is 9.59 Å². The van der Waals surface area contributed by atoms with Crippen molar-refractivity contribution in [1.82, 2.24) is 9.80 Å². The lowest BCUT2D eigenvalue weighted by atomic mass is 10.0. The maximum absolute atomic E-state index is 13.6. The predicted octanol–water partition coefficient (Wildman–Crippen LogP) is 5.50. The van der Waals surface area contributed by atoms with Gasteiger partial charge in [-0.25, -0.2) is 0 Å². The molecule has 33 heavy (non-hydrogen) atoms. The summed E-state index contributed by atoms with van der Waals surface area (Å²) in [7, 11) is 0. The van der Waals surface area contributed by atoms with Crippen LogP contribution < -0.4 is 4.74 Å². The maximum Gasteiger partial charge on any atom is 0.264 e. The normalized spacial score (nSPS) is 15.4. The number of carbonyl (C=O) groups excluding carboxylic acids is 2. The molecule has 1 aliphatic rings. The van der Waals surface area contributed by atoms with Gasteiger partial charge in [0.05, 0.1) is 10.9 Å². The Morgan fingerprint density at radius 3 is 2.64 bits per heavy atom. The van der Waals surface area contributed by atoms with Gasteiger partial charge in [0.25, 0.3) is 5.91 Å². The Morgan fingerprint density at radius 2 is 1.91 bits per heavy atom. The van der Waals surface area contributed by atoms with Crippen molar-refractivity contribution in [2.24, 2.45) is 5.92 Å². The van der Waals surface area contributed by atoms with Crippen LogP contribution in [0.3, 0.4) is 0 Å². The predicted molar refractivity (Wildman–Crippen MR) is 134 cm³/mol. The number of amides is 2. The summed E-state index contributed by atoms with van der Waals surface area (Å²) in [5.41, 5.74) is 1.16. The first-order valence-electron chi connectivity index (χ1n) is 11.4. The lowest BCUT2D eigenvalue weighted by Gasteiger charge is -2.37. The van der Waals surface area contributed by atoms with E-state index in [4.69, 9.17) is 4.74 Å². The summed E-state index contributed by atoms with van der Waals surface area (Å²) in [6.07, 6.45) is 1.70.